The van der Waals surface area contributed by atoms with E-state index < -0.39 is 0 Å². The molecule has 0 saturated carbocycles. The summed E-state index contributed by atoms with van der Waals surface area (Å²) in [6.45, 7) is 1.32. The Labute approximate surface area is 238 Å². The molecule has 7 nitrogen and oxygen atoms in total. The van der Waals surface area contributed by atoms with Crippen molar-refractivity contribution in [3.63, 3.8) is 0 Å². The highest BCUT2D eigenvalue weighted by molar-refractivity contribution is 6.30. The van der Waals surface area contributed by atoms with Crippen molar-refractivity contribution in [3.05, 3.63) is 129 Å². The van der Waals surface area contributed by atoms with E-state index in [0.29, 0.717) is 30.4 Å². The first kappa shape index (κ1) is 27.8. The first-order valence-corrected chi connectivity index (χ1v) is 13.2. The van der Waals surface area contributed by atoms with E-state index >= 15 is 0 Å². The molecule has 5 N–H and O–H groups in total. The molecule has 0 radical (unpaired) electrons. The number of anilines is 1. The summed E-state index contributed by atoms with van der Waals surface area (Å²) in [5.74, 6) is 0.720. The third-order valence-electron chi connectivity index (χ3n) is 5.93. The summed E-state index contributed by atoms with van der Waals surface area (Å²) in [5, 5.41) is 32.5. The van der Waals surface area contributed by atoms with E-state index in [1.807, 2.05) is 97.1 Å². The van der Waals surface area contributed by atoms with E-state index in [0.717, 1.165) is 45.3 Å². The summed E-state index contributed by atoms with van der Waals surface area (Å²) >= 11 is 11.8. The maximum Gasteiger partial charge on any atom is 0.125 e. The molecular weight excluding hydrogens is 529 g/mol. The van der Waals surface area contributed by atoms with E-state index in [-0.39, 0.29) is 0 Å². The minimum Gasteiger partial charge on any atom is -0.370 e. The molecule has 39 heavy (non-hydrogen) atoms. The molecule has 0 unspecified atom stereocenters. The molecule has 4 aromatic carbocycles. The van der Waals surface area contributed by atoms with Crippen molar-refractivity contribution in [2.75, 3.05) is 18.5 Å². The van der Waals surface area contributed by atoms with Crippen molar-refractivity contribution in [1.82, 2.24) is 10.6 Å². The minimum absolute atomic E-state index is 0.357. The van der Waals surface area contributed by atoms with Gasteiger partial charge in [-0.15, -0.1) is 5.11 Å². The first-order chi connectivity index (χ1) is 19.0. The van der Waals surface area contributed by atoms with E-state index in [9.17, 15) is 0 Å². The number of hydrogen-bond donors (Lipinski definition) is 5. The fraction of sp³-hybridized carbons (Fsp3) is 0.133. The van der Waals surface area contributed by atoms with Crippen LogP contribution in [0.3, 0.4) is 0 Å². The Balaban J connectivity index is 1.18. The molecule has 0 amide bonds. The van der Waals surface area contributed by atoms with Crippen LogP contribution in [0.1, 0.15) is 22.3 Å². The van der Waals surface area contributed by atoms with Crippen molar-refractivity contribution in [2.24, 2.45) is 10.3 Å². The zero-order valence-corrected chi connectivity index (χ0v) is 22.7. The third kappa shape index (κ3) is 8.95. The molecule has 198 valence electrons. The SMILES string of the molecule is N=C(NCCc1ccc(Cl)cc1)c1ccc(/N=N/Nc2ccc(C(=N)NCCc3ccc(Cl)cc3)cc2)cc1. The van der Waals surface area contributed by atoms with Gasteiger partial charge in [0.1, 0.15) is 11.7 Å². The average Bonchev–Trinajstić information content (AvgIpc) is 2.96. The van der Waals surface area contributed by atoms with Crippen molar-refractivity contribution in [3.8, 4) is 0 Å². The summed E-state index contributed by atoms with van der Waals surface area (Å²) in [7, 11) is 0. The topological polar surface area (TPSA) is 109 Å². The monoisotopic (exact) mass is 557 g/mol. The molecule has 9 heteroatoms. The van der Waals surface area contributed by atoms with Crippen LogP contribution in [0.25, 0.3) is 0 Å². The number of nitrogens with zero attached hydrogens (tertiary/aromatic N) is 2. The highest BCUT2D eigenvalue weighted by Crippen LogP contribution is 2.16. The average molecular weight is 559 g/mol. The van der Waals surface area contributed by atoms with Gasteiger partial charge in [-0.3, -0.25) is 16.2 Å². The van der Waals surface area contributed by atoms with Crippen molar-refractivity contribution >= 4 is 46.2 Å². The Morgan fingerprint density at radius 1 is 0.590 bits per heavy atom. The maximum absolute atomic E-state index is 8.26. The molecule has 0 bridgehead atoms. The van der Waals surface area contributed by atoms with Crippen LogP contribution >= 0.6 is 23.2 Å². The number of halogens is 2. The second-order valence-electron chi connectivity index (χ2n) is 8.79. The zero-order chi connectivity index (χ0) is 27.5. The molecule has 0 saturated heterocycles. The molecule has 0 atom stereocenters. The van der Waals surface area contributed by atoms with Crippen molar-refractivity contribution in [1.29, 1.82) is 10.8 Å². The summed E-state index contributed by atoms with van der Waals surface area (Å²) in [6, 6.07) is 30.2. The smallest absolute Gasteiger partial charge is 0.125 e. The highest BCUT2D eigenvalue weighted by Gasteiger charge is 2.03. The Morgan fingerprint density at radius 3 is 1.49 bits per heavy atom. The van der Waals surface area contributed by atoms with Gasteiger partial charge in [0.05, 0.1) is 11.4 Å². The van der Waals surface area contributed by atoms with Crippen LogP contribution in [-0.2, 0) is 12.8 Å². The number of benzene rings is 4. The number of amidine groups is 2. The van der Waals surface area contributed by atoms with Crippen molar-refractivity contribution in [2.45, 2.75) is 12.8 Å². The van der Waals surface area contributed by atoms with Gasteiger partial charge >= 0.3 is 0 Å². The lowest BCUT2D eigenvalue weighted by Gasteiger charge is -2.09. The summed E-state index contributed by atoms with van der Waals surface area (Å²) in [6.07, 6.45) is 1.61. The van der Waals surface area contributed by atoms with E-state index in [1.54, 1.807) is 0 Å². The van der Waals surface area contributed by atoms with Gasteiger partial charge in [-0.25, -0.2) is 0 Å². The van der Waals surface area contributed by atoms with Gasteiger partial charge in [-0.2, -0.15) is 0 Å². The fourth-order valence-electron chi connectivity index (χ4n) is 3.72. The van der Waals surface area contributed by atoms with Gasteiger partial charge in [-0.1, -0.05) is 52.7 Å². The van der Waals surface area contributed by atoms with Gasteiger partial charge in [0.25, 0.3) is 0 Å². The van der Waals surface area contributed by atoms with Crippen LogP contribution < -0.4 is 16.1 Å². The van der Waals surface area contributed by atoms with Gasteiger partial charge in [-0.05, 0) is 96.8 Å². The molecule has 0 aliphatic heterocycles. The highest BCUT2D eigenvalue weighted by atomic mass is 35.5. The van der Waals surface area contributed by atoms with E-state index in [2.05, 4.69) is 26.4 Å². The van der Waals surface area contributed by atoms with Crippen molar-refractivity contribution < 1.29 is 0 Å². The van der Waals surface area contributed by atoms with Gasteiger partial charge < -0.3 is 10.6 Å². The molecule has 0 fully saturated rings. The Kier molecular flexibility index (Phi) is 10.1. The molecular formula is C30H29Cl2N7. The molecule has 0 aromatic heterocycles. The lowest BCUT2D eigenvalue weighted by molar-refractivity contribution is 0.861. The standard InChI is InChI=1S/C30H29Cl2N7/c31-25-9-1-21(2-10-25)17-19-35-29(33)23-5-13-27(14-6-23)37-39-38-28-15-7-24(8-16-28)30(34)36-20-18-22-3-11-26(32)12-4-22/h1-16H,17-20H2,(H2,33,35)(H2,34,36)(H,37,38). The molecule has 4 aromatic rings. The summed E-state index contributed by atoms with van der Waals surface area (Å²) in [5.41, 5.74) is 8.23. The largest absolute Gasteiger partial charge is 0.370 e. The second kappa shape index (κ2) is 14.1. The molecule has 0 heterocycles. The molecule has 0 aliphatic carbocycles. The van der Waals surface area contributed by atoms with Gasteiger partial charge in [0.15, 0.2) is 0 Å². The van der Waals surface area contributed by atoms with Crippen LogP contribution in [0, 0.1) is 10.8 Å². The first-order valence-electron chi connectivity index (χ1n) is 12.5. The lowest BCUT2D eigenvalue weighted by Crippen LogP contribution is -2.25. The van der Waals surface area contributed by atoms with E-state index in [4.69, 9.17) is 34.0 Å². The maximum atomic E-state index is 8.26. The minimum atomic E-state index is 0.357. The van der Waals surface area contributed by atoms with Crippen LogP contribution in [0.4, 0.5) is 11.4 Å². The van der Waals surface area contributed by atoms with E-state index in [1.165, 1.54) is 5.56 Å². The third-order valence-corrected chi connectivity index (χ3v) is 6.44. The van der Waals surface area contributed by atoms with Gasteiger partial charge in [0.2, 0.25) is 0 Å². The summed E-state index contributed by atoms with van der Waals surface area (Å²) < 4.78 is 0. The predicted molar refractivity (Wildman–Crippen MR) is 161 cm³/mol. The normalized spacial score (nSPS) is 10.8. The molecule has 4 rings (SSSR count). The van der Waals surface area contributed by atoms with Crippen LogP contribution in [0.15, 0.2) is 107 Å². The Morgan fingerprint density at radius 2 is 1.03 bits per heavy atom. The zero-order valence-electron chi connectivity index (χ0n) is 21.2. The fourth-order valence-corrected chi connectivity index (χ4v) is 3.97. The van der Waals surface area contributed by atoms with Crippen LogP contribution in [0.2, 0.25) is 10.0 Å². The predicted octanol–water partition coefficient (Wildman–Crippen LogP) is 7.42. The van der Waals surface area contributed by atoms with Crippen LogP contribution in [-0.4, -0.2) is 24.8 Å². The Hall–Kier alpha value is -4.20. The quantitative estimate of drug-likeness (QED) is 0.0572. The lowest BCUT2D eigenvalue weighted by atomic mass is 10.1. The number of hydrogen-bond acceptors (Lipinski definition) is 4. The molecule has 0 aliphatic rings. The molecule has 0 spiro atoms. The Bertz CT molecular complexity index is 1400. The second-order valence-corrected chi connectivity index (χ2v) is 9.67. The van der Waals surface area contributed by atoms with Gasteiger partial charge in [0, 0.05) is 34.3 Å². The number of nitrogens with one attached hydrogen (secondary N) is 5. The van der Waals surface area contributed by atoms with Crippen LogP contribution in [0.5, 0.6) is 0 Å². The number of rotatable bonds is 11. The summed E-state index contributed by atoms with van der Waals surface area (Å²) in [4.78, 5) is 0.